The molecule has 8 heteroatoms. The maximum atomic E-state index is 13.8. The average Bonchev–Trinajstić information content (AvgIpc) is 2.99. The highest BCUT2D eigenvalue weighted by molar-refractivity contribution is 5.94. The van der Waals surface area contributed by atoms with Gasteiger partial charge in [-0.15, -0.1) is 0 Å². The number of para-hydroxylation sites is 1. The van der Waals surface area contributed by atoms with Crippen molar-refractivity contribution in [3.05, 3.63) is 47.0 Å². The van der Waals surface area contributed by atoms with Gasteiger partial charge in [-0.25, -0.2) is 13.2 Å². The van der Waals surface area contributed by atoms with Crippen LogP contribution in [0.1, 0.15) is 54.4 Å². The smallest absolute Gasteiger partial charge is 0.272 e. The molecular formula is C18H20F3N3O2. The highest BCUT2D eigenvalue weighted by atomic mass is 19.3. The number of benzene rings is 1. The first-order chi connectivity index (χ1) is 12.4. The third-order valence-corrected chi connectivity index (χ3v) is 4.12. The van der Waals surface area contributed by atoms with Crippen LogP contribution < -0.4 is 10.1 Å². The van der Waals surface area contributed by atoms with E-state index in [-0.39, 0.29) is 24.0 Å². The molecule has 0 radical (unpaired) electrons. The van der Waals surface area contributed by atoms with E-state index in [1.807, 2.05) is 13.8 Å². The first-order valence-corrected chi connectivity index (χ1v) is 8.44. The third-order valence-electron chi connectivity index (χ3n) is 4.12. The van der Waals surface area contributed by atoms with Crippen LogP contribution in [0.15, 0.2) is 24.4 Å². The second kappa shape index (κ2) is 7.39. The molecule has 0 unspecified atom stereocenters. The number of aromatic nitrogens is 2. The zero-order valence-corrected chi connectivity index (χ0v) is 14.5. The van der Waals surface area contributed by atoms with Crippen LogP contribution in [0, 0.1) is 11.7 Å². The van der Waals surface area contributed by atoms with Gasteiger partial charge in [0.2, 0.25) is 0 Å². The Balaban J connectivity index is 1.85. The van der Waals surface area contributed by atoms with E-state index in [0.717, 1.165) is 0 Å². The van der Waals surface area contributed by atoms with E-state index in [1.165, 1.54) is 23.0 Å². The van der Waals surface area contributed by atoms with Crippen LogP contribution in [0.3, 0.4) is 0 Å². The van der Waals surface area contributed by atoms with Crippen molar-refractivity contribution < 1.29 is 22.7 Å². The molecule has 1 aliphatic heterocycles. The molecule has 0 saturated heterocycles. The number of rotatable bonds is 5. The van der Waals surface area contributed by atoms with E-state index in [0.29, 0.717) is 18.5 Å². The molecule has 0 fully saturated rings. The summed E-state index contributed by atoms with van der Waals surface area (Å²) in [6, 6.07) is 3.91. The lowest BCUT2D eigenvalue weighted by molar-refractivity contribution is 0.0905. The maximum Gasteiger partial charge on any atom is 0.272 e. The second-order valence-electron chi connectivity index (χ2n) is 6.67. The molecule has 1 N–H and O–H groups in total. The van der Waals surface area contributed by atoms with Crippen molar-refractivity contribution in [2.75, 3.05) is 6.61 Å². The number of amides is 1. The number of fused-ring (bicyclic) bond motifs is 1. The van der Waals surface area contributed by atoms with Gasteiger partial charge in [-0.2, -0.15) is 5.10 Å². The van der Waals surface area contributed by atoms with Crippen molar-refractivity contribution in [1.82, 2.24) is 15.1 Å². The average molecular weight is 367 g/mol. The Hall–Kier alpha value is -2.51. The number of hydrogen-bond acceptors (Lipinski definition) is 3. The number of carbonyl (C=O) groups excluding carboxylic acids is 1. The van der Waals surface area contributed by atoms with Crippen molar-refractivity contribution in [1.29, 1.82) is 0 Å². The van der Waals surface area contributed by atoms with Crippen molar-refractivity contribution >= 4 is 5.91 Å². The zero-order valence-electron chi connectivity index (χ0n) is 14.5. The maximum absolute atomic E-state index is 13.8. The zero-order chi connectivity index (χ0) is 18.8. The lowest BCUT2D eigenvalue weighted by Crippen LogP contribution is -2.33. The summed E-state index contributed by atoms with van der Waals surface area (Å²) in [7, 11) is 0. The van der Waals surface area contributed by atoms with E-state index < -0.39 is 29.8 Å². The molecule has 1 amide bonds. The molecule has 0 aliphatic carbocycles. The number of carbonyl (C=O) groups is 1. The largest absolute Gasteiger partial charge is 0.490 e. The van der Waals surface area contributed by atoms with Crippen molar-refractivity contribution in [2.45, 2.75) is 39.3 Å². The summed E-state index contributed by atoms with van der Waals surface area (Å²) in [4.78, 5) is 12.6. The van der Waals surface area contributed by atoms with Crippen LogP contribution in [-0.4, -0.2) is 22.3 Å². The fraction of sp³-hybridized carbons (Fsp3) is 0.444. The number of ether oxygens (including phenoxy) is 1. The minimum atomic E-state index is -2.81. The van der Waals surface area contributed by atoms with Crippen LogP contribution in [0.4, 0.5) is 13.2 Å². The highest BCUT2D eigenvalue weighted by Gasteiger charge is 2.29. The number of hydrogen-bond donors (Lipinski definition) is 1. The predicted octanol–water partition coefficient (Wildman–Crippen LogP) is 3.87. The van der Waals surface area contributed by atoms with E-state index >= 15 is 0 Å². The standard InChI is InChI=1S/C18H20F3N3O2/c1-10(2)8-24-9-12(17(20)21)15(23-24)18(25)22-14-6-7-26-16-11(14)4-3-5-13(16)19/h3-5,9-10,14,17H,6-8H2,1-2H3,(H,22,25)/t14-/m1/s1. The van der Waals surface area contributed by atoms with Crippen LogP contribution in [0.5, 0.6) is 5.75 Å². The Morgan fingerprint density at radius 2 is 2.19 bits per heavy atom. The molecule has 0 bridgehead atoms. The molecule has 26 heavy (non-hydrogen) atoms. The van der Waals surface area contributed by atoms with Gasteiger partial charge in [0.1, 0.15) is 0 Å². The Kier molecular flexibility index (Phi) is 5.20. The molecule has 0 saturated carbocycles. The number of nitrogens with one attached hydrogen (secondary N) is 1. The van der Waals surface area contributed by atoms with Gasteiger partial charge in [-0.1, -0.05) is 26.0 Å². The SMILES string of the molecule is CC(C)Cn1cc(C(F)F)c(C(=O)N[C@@H]2CCOc3c(F)cccc32)n1. The number of halogens is 3. The Morgan fingerprint density at radius 1 is 1.42 bits per heavy atom. The van der Waals surface area contributed by atoms with Crippen LogP contribution >= 0.6 is 0 Å². The van der Waals surface area contributed by atoms with Gasteiger partial charge in [0.25, 0.3) is 12.3 Å². The van der Waals surface area contributed by atoms with E-state index in [1.54, 1.807) is 6.07 Å². The summed E-state index contributed by atoms with van der Waals surface area (Å²) in [5.74, 6) is -0.939. The van der Waals surface area contributed by atoms with E-state index in [9.17, 15) is 18.0 Å². The van der Waals surface area contributed by atoms with Gasteiger partial charge in [-0.05, 0) is 12.0 Å². The summed E-state index contributed by atoms with van der Waals surface area (Å²) in [5.41, 5.74) is -0.218. The summed E-state index contributed by atoms with van der Waals surface area (Å²) in [5, 5.41) is 6.72. The number of alkyl halides is 2. The summed E-state index contributed by atoms with van der Waals surface area (Å²) in [6.07, 6.45) is -1.19. The van der Waals surface area contributed by atoms with Crippen LogP contribution in [-0.2, 0) is 6.54 Å². The van der Waals surface area contributed by atoms with Crippen LogP contribution in [0.2, 0.25) is 0 Å². The number of nitrogens with zero attached hydrogens (tertiary/aromatic N) is 2. The van der Waals surface area contributed by atoms with Gasteiger partial charge in [-0.3, -0.25) is 9.48 Å². The molecule has 2 heterocycles. The lowest BCUT2D eigenvalue weighted by Gasteiger charge is -2.26. The fourth-order valence-corrected chi connectivity index (χ4v) is 3.00. The molecule has 5 nitrogen and oxygen atoms in total. The Labute approximate surface area is 149 Å². The van der Waals surface area contributed by atoms with Gasteiger partial charge in [0.15, 0.2) is 17.3 Å². The highest BCUT2D eigenvalue weighted by Crippen LogP contribution is 2.34. The van der Waals surface area contributed by atoms with Crippen molar-refractivity contribution in [3.63, 3.8) is 0 Å². The second-order valence-corrected chi connectivity index (χ2v) is 6.67. The quantitative estimate of drug-likeness (QED) is 0.873. The van der Waals surface area contributed by atoms with E-state index in [4.69, 9.17) is 4.74 Å². The van der Waals surface area contributed by atoms with Gasteiger partial charge < -0.3 is 10.1 Å². The van der Waals surface area contributed by atoms with Gasteiger partial charge in [0, 0.05) is 24.7 Å². The van der Waals surface area contributed by atoms with Gasteiger partial charge >= 0.3 is 0 Å². The minimum Gasteiger partial charge on any atom is -0.490 e. The molecule has 1 atom stereocenters. The topological polar surface area (TPSA) is 56.2 Å². The predicted molar refractivity (Wildman–Crippen MR) is 88.7 cm³/mol. The van der Waals surface area contributed by atoms with E-state index in [2.05, 4.69) is 10.4 Å². The minimum absolute atomic E-state index is 0.0865. The molecule has 1 aromatic carbocycles. The lowest BCUT2D eigenvalue weighted by atomic mass is 10.00. The van der Waals surface area contributed by atoms with Gasteiger partial charge in [0.05, 0.1) is 18.2 Å². The first-order valence-electron chi connectivity index (χ1n) is 8.44. The molecular weight excluding hydrogens is 347 g/mol. The van der Waals surface area contributed by atoms with Crippen LogP contribution in [0.25, 0.3) is 0 Å². The molecule has 3 rings (SSSR count). The first kappa shape index (κ1) is 18.3. The summed E-state index contributed by atoms with van der Waals surface area (Å²) < 4.78 is 47.1. The molecule has 1 aromatic heterocycles. The van der Waals surface area contributed by atoms with Crippen molar-refractivity contribution in [3.8, 4) is 5.75 Å². The normalized spacial score (nSPS) is 16.5. The molecule has 2 aromatic rings. The summed E-state index contributed by atoms with van der Waals surface area (Å²) >= 11 is 0. The third kappa shape index (κ3) is 3.68. The monoisotopic (exact) mass is 367 g/mol. The molecule has 0 spiro atoms. The summed E-state index contributed by atoms with van der Waals surface area (Å²) in [6.45, 7) is 4.51. The Morgan fingerprint density at radius 3 is 2.88 bits per heavy atom. The fourth-order valence-electron chi connectivity index (χ4n) is 3.00. The molecule has 1 aliphatic rings. The van der Waals surface area contributed by atoms with Crippen molar-refractivity contribution in [2.24, 2.45) is 5.92 Å². The Bertz CT molecular complexity index is 805. The molecule has 140 valence electrons.